The maximum atomic E-state index is 5.73. The summed E-state index contributed by atoms with van der Waals surface area (Å²) < 4.78 is 5.73. The van der Waals surface area contributed by atoms with Crippen molar-refractivity contribution in [1.29, 1.82) is 0 Å². The van der Waals surface area contributed by atoms with Crippen molar-refractivity contribution in [2.45, 2.75) is 33.1 Å². The monoisotopic (exact) mass is 273 g/mol. The van der Waals surface area contributed by atoms with Crippen molar-refractivity contribution >= 4 is 0 Å². The molecule has 0 spiro atoms. The van der Waals surface area contributed by atoms with Gasteiger partial charge in [-0.15, -0.1) is 10.2 Å². The molecule has 0 aliphatic heterocycles. The van der Waals surface area contributed by atoms with E-state index in [-0.39, 0.29) is 0 Å². The fourth-order valence-corrected chi connectivity index (χ4v) is 2.27. The minimum Gasteiger partial charge on any atom is -0.421 e. The normalized spacial score (nSPS) is 11.2. The third kappa shape index (κ3) is 4.17. The van der Waals surface area contributed by atoms with Crippen LogP contribution in [-0.4, -0.2) is 34.7 Å². The number of rotatable bonds is 8. The fourth-order valence-electron chi connectivity index (χ4n) is 2.27. The molecule has 0 fully saturated rings. The summed E-state index contributed by atoms with van der Waals surface area (Å²) in [7, 11) is 0. The Kier molecular flexibility index (Phi) is 5.74. The van der Waals surface area contributed by atoms with Gasteiger partial charge >= 0.3 is 0 Å². The van der Waals surface area contributed by atoms with Crippen LogP contribution in [0.15, 0.2) is 34.7 Å². The Bertz CT molecular complexity index is 489. The van der Waals surface area contributed by atoms with Crippen molar-refractivity contribution in [3.63, 3.8) is 0 Å². The first-order valence-corrected chi connectivity index (χ1v) is 7.43. The highest BCUT2D eigenvalue weighted by molar-refractivity contribution is 5.51. The van der Waals surface area contributed by atoms with Crippen molar-refractivity contribution in [3.8, 4) is 11.5 Å². The summed E-state index contributed by atoms with van der Waals surface area (Å²) in [6, 6.07) is 9.90. The number of hydrogen-bond acceptors (Lipinski definition) is 4. The van der Waals surface area contributed by atoms with Gasteiger partial charge in [-0.05, 0) is 38.1 Å². The van der Waals surface area contributed by atoms with Crippen molar-refractivity contribution in [2.24, 2.45) is 0 Å². The van der Waals surface area contributed by atoms with Gasteiger partial charge in [0.2, 0.25) is 11.8 Å². The largest absolute Gasteiger partial charge is 0.421 e. The molecule has 2 aromatic rings. The van der Waals surface area contributed by atoms with Crippen molar-refractivity contribution in [1.82, 2.24) is 15.1 Å². The van der Waals surface area contributed by atoms with E-state index in [2.05, 4.69) is 28.9 Å². The third-order valence-electron chi connectivity index (χ3n) is 3.21. The first-order chi connectivity index (χ1) is 9.83. The molecule has 1 aromatic carbocycles. The molecular formula is C16H23N3O. The van der Waals surface area contributed by atoms with Gasteiger partial charge in [-0.2, -0.15) is 0 Å². The molecule has 0 N–H and O–H groups in total. The summed E-state index contributed by atoms with van der Waals surface area (Å²) in [5.41, 5.74) is 0.977. The van der Waals surface area contributed by atoms with Crippen LogP contribution in [0.1, 0.15) is 32.6 Å². The molecule has 20 heavy (non-hydrogen) atoms. The highest BCUT2D eigenvalue weighted by Crippen LogP contribution is 2.17. The minimum atomic E-state index is 0.609. The summed E-state index contributed by atoms with van der Waals surface area (Å²) in [5, 5.41) is 8.26. The van der Waals surface area contributed by atoms with Crippen LogP contribution in [0.25, 0.3) is 11.5 Å². The zero-order valence-electron chi connectivity index (χ0n) is 12.4. The molecule has 0 saturated carbocycles. The molecule has 0 saturated heterocycles. The predicted octanol–water partition coefficient (Wildman–Crippen LogP) is 3.40. The van der Waals surface area contributed by atoms with Gasteiger partial charge < -0.3 is 9.32 Å². The van der Waals surface area contributed by atoms with Gasteiger partial charge in [-0.25, -0.2) is 0 Å². The first kappa shape index (κ1) is 14.7. The molecule has 0 amide bonds. The summed E-state index contributed by atoms with van der Waals surface area (Å²) in [4.78, 5) is 2.45. The molecule has 0 unspecified atom stereocenters. The van der Waals surface area contributed by atoms with E-state index >= 15 is 0 Å². The lowest BCUT2D eigenvalue weighted by molar-refractivity contribution is 0.270. The highest BCUT2D eigenvalue weighted by atomic mass is 16.4. The van der Waals surface area contributed by atoms with E-state index in [9.17, 15) is 0 Å². The molecule has 0 bridgehead atoms. The number of nitrogens with zero attached hydrogens (tertiary/aromatic N) is 3. The van der Waals surface area contributed by atoms with Crippen LogP contribution in [0.2, 0.25) is 0 Å². The van der Waals surface area contributed by atoms with Gasteiger partial charge in [0.25, 0.3) is 0 Å². The summed E-state index contributed by atoms with van der Waals surface area (Å²) >= 11 is 0. The molecule has 0 aliphatic carbocycles. The van der Waals surface area contributed by atoms with Crippen molar-refractivity contribution in [2.75, 3.05) is 19.6 Å². The standard InChI is InChI=1S/C16H23N3O/c1-3-11-19(12-4-2)13-10-15-17-18-16(20-15)14-8-6-5-7-9-14/h5-9H,3-4,10-13H2,1-2H3. The SMILES string of the molecule is CCCN(CCC)CCc1nnc(-c2ccccc2)o1. The van der Waals surface area contributed by atoms with E-state index in [0.717, 1.165) is 37.5 Å². The fraction of sp³-hybridized carbons (Fsp3) is 0.500. The van der Waals surface area contributed by atoms with E-state index in [1.807, 2.05) is 30.3 Å². The summed E-state index contributed by atoms with van der Waals surface area (Å²) in [5.74, 6) is 1.33. The first-order valence-electron chi connectivity index (χ1n) is 7.43. The second kappa shape index (κ2) is 7.80. The zero-order chi connectivity index (χ0) is 14.2. The number of hydrogen-bond donors (Lipinski definition) is 0. The van der Waals surface area contributed by atoms with Gasteiger partial charge in [0.1, 0.15) is 0 Å². The quantitative estimate of drug-likeness (QED) is 0.739. The van der Waals surface area contributed by atoms with Gasteiger partial charge in [0.05, 0.1) is 0 Å². The smallest absolute Gasteiger partial charge is 0.247 e. The van der Waals surface area contributed by atoms with Crippen LogP contribution in [0, 0.1) is 0 Å². The van der Waals surface area contributed by atoms with Crippen LogP contribution in [0.5, 0.6) is 0 Å². The van der Waals surface area contributed by atoms with Crippen LogP contribution in [-0.2, 0) is 6.42 Å². The van der Waals surface area contributed by atoms with Crippen molar-refractivity contribution in [3.05, 3.63) is 36.2 Å². The van der Waals surface area contributed by atoms with Crippen LogP contribution >= 0.6 is 0 Å². The Hall–Kier alpha value is -1.68. The Morgan fingerprint density at radius 2 is 1.65 bits per heavy atom. The lowest BCUT2D eigenvalue weighted by atomic mass is 10.2. The molecule has 4 heteroatoms. The molecule has 108 valence electrons. The zero-order valence-corrected chi connectivity index (χ0v) is 12.4. The van der Waals surface area contributed by atoms with E-state index < -0.39 is 0 Å². The molecule has 2 rings (SSSR count). The highest BCUT2D eigenvalue weighted by Gasteiger charge is 2.10. The van der Waals surface area contributed by atoms with Gasteiger partial charge in [0.15, 0.2) is 0 Å². The molecule has 0 atom stereocenters. The molecule has 1 heterocycles. The van der Waals surface area contributed by atoms with E-state index in [4.69, 9.17) is 4.42 Å². The Morgan fingerprint density at radius 3 is 2.30 bits per heavy atom. The Morgan fingerprint density at radius 1 is 0.950 bits per heavy atom. The second-order valence-corrected chi connectivity index (χ2v) is 4.96. The van der Waals surface area contributed by atoms with E-state index in [1.54, 1.807) is 0 Å². The van der Waals surface area contributed by atoms with Gasteiger partial charge in [-0.3, -0.25) is 0 Å². The minimum absolute atomic E-state index is 0.609. The van der Waals surface area contributed by atoms with E-state index in [0.29, 0.717) is 5.89 Å². The maximum Gasteiger partial charge on any atom is 0.247 e. The summed E-state index contributed by atoms with van der Waals surface area (Å²) in [6.45, 7) is 7.67. The summed E-state index contributed by atoms with van der Waals surface area (Å²) in [6.07, 6.45) is 3.18. The number of benzene rings is 1. The van der Waals surface area contributed by atoms with Crippen molar-refractivity contribution < 1.29 is 4.42 Å². The van der Waals surface area contributed by atoms with Crippen LogP contribution in [0.3, 0.4) is 0 Å². The lowest BCUT2D eigenvalue weighted by Gasteiger charge is -2.19. The molecular weight excluding hydrogens is 250 g/mol. The van der Waals surface area contributed by atoms with Crippen LogP contribution < -0.4 is 0 Å². The Labute approximate surface area is 120 Å². The maximum absolute atomic E-state index is 5.73. The Balaban J connectivity index is 1.92. The number of aromatic nitrogens is 2. The molecule has 0 aliphatic rings. The average Bonchev–Trinajstić information content (AvgIpc) is 2.95. The van der Waals surface area contributed by atoms with E-state index in [1.165, 1.54) is 12.8 Å². The molecule has 4 nitrogen and oxygen atoms in total. The molecule has 0 radical (unpaired) electrons. The molecule has 1 aromatic heterocycles. The lowest BCUT2D eigenvalue weighted by Crippen LogP contribution is -2.27. The average molecular weight is 273 g/mol. The van der Waals surface area contributed by atoms with Gasteiger partial charge in [0, 0.05) is 18.5 Å². The topological polar surface area (TPSA) is 42.2 Å². The third-order valence-corrected chi connectivity index (χ3v) is 3.21. The van der Waals surface area contributed by atoms with Crippen LogP contribution in [0.4, 0.5) is 0 Å². The van der Waals surface area contributed by atoms with Gasteiger partial charge in [-0.1, -0.05) is 32.0 Å². The predicted molar refractivity (Wildman–Crippen MR) is 80.5 cm³/mol. The second-order valence-electron chi connectivity index (χ2n) is 4.96.